The van der Waals surface area contributed by atoms with Crippen LogP contribution in [0, 0.1) is 0 Å². The standard InChI is InChI=1S/C24H26N2O5S/c27-22(28)10-2-1-5-13-30-19-8-4-3-7-17(19)16-26(18-11-12-18)24(29)23-25-15-21(32-23)20-9-6-14-31-20/h3-4,6-9,14-15,18H,1-2,5,10-13,16H2,(H,27,28)/i16D. The van der Waals surface area contributed by atoms with Crippen molar-refractivity contribution in [2.75, 3.05) is 6.61 Å². The van der Waals surface area contributed by atoms with E-state index in [0.717, 1.165) is 30.6 Å². The zero-order valence-corrected chi connectivity index (χ0v) is 18.4. The number of carboxylic acids is 1. The number of furan rings is 1. The van der Waals surface area contributed by atoms with Crippen LogP contribution in [0.5, 0.6) is 5.75 Å². The molecule has 1 amide bonds. The van der Waals surface area contributed by atoms with E-state index in [9.17, 15) is 9.59 Å². The molecular weight excluding hydrogens is 428 g/mol. The van der Waals surface area contributed by atoms with E-state index < -0.39 is 12.5 Å². The number of unbranched alkanes of at least 4 members (excludes halogenated alkanes) is 2. The van der Waals surface area contributed by atoms with Crippen LogP contribution in [0.25, 0.3) is 10.6 Å². The van der Waals surface area contributed by atoms with Gasteiger partial charge in [-0.25, -0.2) is 4.98 Å². The van der Waals surface area contributed by atoms with Crippen molar-refractivity contribution in [1.82, 2.24) is 9.88 Å². The Morgan fingerprint density at radius 2 is 2.06 bits per heavy atom. The first-order chi connectivity index (χ1) is 16.0. The minimum absolute atomic E-state index is 0.0139. The number of carbonyl (C=O) groups is 2. The number of hydrogen-bond acceptors (Lipinski definition) is 6. The first-order valence-electron chi connectivity index (χ1n) is 11.3. The summed E-state index contributed by atoms with van der Waals surface area (Å²) in [7, 11) is 0. The molecule has 0 radical (unpaired) electrons. The van der Waals surface area contributed by atoms with Gasteiger partial charge in [-0.3, -0.25) is 9.59 Å². The van der Waals surface area contributed by atoms with E-state index >= 15 is 0 Å². The van der Waals surface area contributed by atoms with Crippen molar-refractivity contribution in [2.24, 2.45) is 0 Å². The van der Waals surface area contributed by atoms with E-state index in [0.29, 0.717) is 35.1 Å². The fourth-order valence-electron chi connectivity index (χ4n) is 3.30. The van der Waals surface area contributed by atoms with Crippen LogP contribution in [0.4, 0.5) is 0 Å². The van der Waals surface area contributed by atoms with E-state index in [1.54, 1.807) is 23.4 Å². The van der Waals surface area contributed by atoms with Gasteiger partial charge in [-0.1, -0.05) is 18.2 Å². The SMILES string of the molecule is [2H]C(c1ccccc1OCCCCCC(=O)O)N(C(=O)c1ncc(-c2ccco2)s1)C1CC1. The summed E-state index contributed by atoms with van der Waals surface area (Å²) in [6.45, 7) is -0.483. The monoisotopic (exact) mass is 455 g/mol. The van der Waals surface area contributed by atoms with Crippen molar-refractivity contribution < 1.29 is 25.2 Å². The molecule has 1 aliphatic carbocycles. The molecule has 1 aromatic carbocycles. The maximum absolute atomic E-state index is 13.4. The van der Waals surface area contributed by atoms with Crippen LogP contribution in [-0.4, -0.2) is 39.5 Å². The number of rotatable bonds is 12. The molecule has 0 aliphatic heterocycles. The minimum Gasteiger partial charge on any atom is -0.493 e. The molecule has 8 heteroatoms. The molecular formula is C24H26N2O5S. The summed E-state index contributed by atoms with van der Waals surface area (Å²) in [5.41, 5.74) is 0.631. The van der Waals surface area contributed by atoms with E-state index in [2.05, 4.69) is 4.98 Å². The van der Waals surface area contributed by atoms with Crippen molar-refractivity contribution in [3.8, 4) is 16.4 Å². The summed E-state index contributed by atoms with van der Waals surface area (Å²) in [5, 5.41) is 9.07. The predicted molar refractivity (Wildman–Crippen MR) is 121 cm³/mol. The molecule has 1 atom stereocenters. The number of benzene rings is 1. The molecule has 2 aromatic heterocycles. The molecule has 168 valence electrons. The lowest BCUT2D eigenvalue weighted by atomic mass is 10.1. The third-order valence-corrected chi connectivity index (χ3v) is 6.12. The third-order valence-electron chi connectivity index (χ3n) is 5.12. The van der Waals surface area contributed by atoms with Crippen molar-refractivity contribution in [3.05, 3.63) is 59.4 Å². The number of para-hydroxylation sites is 1. The van der Waals surface area contributed by atoms with Crippen molar-refractivity contribution in [2.45, 2.75) is 51.1 Å². The van der Waals surface area contributed by atoms with Crippen molar-refractivity contribution in [1.29, 1.82) is 0 Å². The molecule has 1 saturated carbocycles. The van der Waals surface area contributed by atoms with Crippen LogP contribution in [0.15, 0.2) is 53.3 Å². The smallest absolute Gasteiger partial charge is 0.303 e. The molecule has 3 aromatic rings. The molecule has 2 heterocycles. The molecule has 4 rings (SSSR count). The zero-order chi connectivity index (χ0) is 23.2. The Morgan fingerprint density at radius 1 is 1.22 bits per heavy atom. The molecule has 32 heavy (non-hydrogen) atoms. The fourth-order valence-corrected chi connectivity index (χ4v) is 4.13. The van der Waals surface area contributed by atoms with Crippen LogP contribution < -0.4 is 4.74 Å². The van der Waals surface area contributed by atoms with Gasteiger partial charge in [-0.2, -0.15) is 0 Å². The molecule has 0 saturated heterocycles. The van der Waals surface area contributed by atoms with Gasteiger partial charge in [0.1, 0.15) is 11.5 Å². The lowest BCUT2D eigenvalue weighted by molar-refractivity contribution is -0.137. The fraction of sp³-hybridized carbons (Fsp3) is 0.375. The van der Waals surface area contributed by atoms with E-state index in [-0.39, 0.29) is 18.4 Å². The maximum atomic E-state index is 13.4. The van der Waals surface area contributed by atoms with E-state index in [4.69, 9.17) is 15.6 Å². The van der Waals surface area contributed by atoms with Crippen molar-refractivity contribution >= 4 is 23.2 Å². The number of carbonyl (C=O) groups excluding carboxylic acids is 1. The molecule has 0 spiro atoms. The van der Waals surface area contributed by atoms with Gasteiger partial charge in [0.25, 0.3) is 5.91 Å². The number of ether oxygens (including phenoxy) is 1. The van der Waals surface area contributed by atoms with Crippen LogP contribution in [-0.2, 0) is 11.3 Å². The Balaban J connectivity index is 1.45. The van der Waals surface area contributed by atoms with E-state index in [1.165, 1.54) is 11.3 Å². The summed E-state index contributed by atoms with van der Waals surface area (Å²) < 4.78 is 20.2. The minimum atomic E-state index is -0.913. The lowest BCUT2D eigenvalue weighted by Gasteiger charge is -2.23. The Labute approximate surface area is 192 Å². The predicted octanol–water partition coefficient (Wildman–Crippen LogP) is 5.23. The molecule has 1 fully saturated rings. The number of amides is 1. The summed E-state index contributed by atoms with van der Waals surface area (Å²) in [4.78, 5) is 30.7. The molecule has 1 N–H and O–H groups in total. The highest BCUT2D eigenvalue weighted by Crippen LogP contribution is 2.34. The number of carboxylic acid groups (broad SMARTS) is 1. The summed E-state index contributed by atoms with van der Waals surface area (Å²) in [5.74, 6) is 0.182. The number of aliphatic carboxylic acids is 1. The quantitative estimate of drug-likeness (QED) is 0.376. The summed E-state index contributed by atoms with van der Waals surface area (Å²) >= 11 is 1.26. The highest BCUT2D eigenvalue weighted by molar-refractivity contribution is 7.16. The largest absolute Gasteiger partial charge is 0.493 e. The van der Waals surface area contributed by atoms with Gasteiger partial charge in [0.2, 0.25) is 0 Å². The van der Waals surface area contributed by atoms with Gasteiger partial charge < -0.3 is 19.2 Å². The summed E-state index contributed by atoms with van der Waals surface area (Å²) in [6.07, 6.45) is 7.19. The van der Waals surface area contributed by atoms with Gasteiger partial charge >= 0.3 is 5.97 Å². The molecule has 0 bridgehead atoms. The van der Waals surface area contributed by atoms with Crippen LogP contribution >= 0.6 is 11.3 Å². The Bertz CT molecular complexity index is 1080. The maximum Gasteiger partial charge on any atom is 0.303 e. The Hall–Kier alpha value is -3.13. The van der Waals surface area contributed by atoms with Gasteiger partial charge in [-0.05, 0) is 50.3 Å². The first-order valence-corrected chi connectivity index (χ1v) is 11.5. The van der Waals surface area contributed by atoms with Crippen LogP contribution in [0.1, 0.15) is 55.3 Å². The molecule has 7 nitrogen and oxygen atoms in total. The zero-order valence-electron chi connectivity index (χ0n) is 18.6. The third kappa shape index (κ3) is 5.76. The average molecular weight is 456 g/mol. The lowest BCUT2D eigenvalue weighted by Crippen LogP contribution is -2.32. The van der Waals surface area contributed by atoms with Crippen LogP contribution in [0.3, 0.4) is 0 Å². The second-order valence-corrected chi connectivity index (χ2v) is 8.70. The van der Waals surface area contributed by atoms with Gasteiger partial charge in [0.05, 0.1) is 19.1 Å². The second-order valence-electron chi connectivity index (χ2n) is 7.67. The van der Waals surface area contributed by atoms with Gasteiger partial charge in [0, 0.05) is 30.7 Å². The average Bonchev–Trinajstić information content (AvgIpc) is 3.27. The Kier molecular flexibility index (Phi) is 6.78. The van der Waals surface area contributed by atoms with Crippen molar-refractivity contribution in [3.63, 3.8) is 0 Å². The second kappa shape index (κ2) is 10.5. The number of aromatic nitrogens is 1. The Morgan fingerprint density at radius 3 is 2.81 bits per heavy atom. The highest BCUT2D eigenvalue weighted by atomic mass is 32.1. The number of hydrogen-bond donors (Lipinski definition) is 1. The highest BCUT2D eigenvalue weighted by Gasteiger charge is 2.35. The van der Waals surface area contributed by atoms with Crippen LogP contribution in [0.2, 0.25) is 0 Å². The molecule has 1 unspecified atom stereocenters. The van der Waals surface area contributed by atoms with Gasteiger partial charge in [-0.15, -0.1) is 11.3 Å². The number of nitrogens with zero attached hydrogens (tertiary/aromatic N) is 2. The van der Waals surface area contributed by atoms with E-state index in [1.807, 2.05) is 30.3 Å². The summed E-state index contributed by atoms with van der Waals surface area (Å²) in [6, 6.07) is 10.9. The first kappa shape index (κ1) is 20.8. The number of thiazole rings is 1. The topological polar surface area (TPSA) is 92.9 Å². The molecule has 1 aliphatic rings. The normalized spacial score (nSPS) is 14.6. The van der Waals surface area contributed by atoms with Gasteiger partial charge in [0.15, 0.2) is 5.01 Å².